The number of nitrogen functional groups attached to an aromatic ring is 1. The molecule has 0 saturated carbocycles. The van der Waals surface area contributed by atoms with E-state index < -0.39 is 50.3 Å². The number of nitriles is 1. The maximum Gasteiger partial charge on any atom is 0.459 e. The van der Waals surface area contributed by atoms with Crippen molar-refractivity contribution in [2.45, 2.75) is 95.4 Å². The van der Waals surface area contributed by atoms with E-state index in [1.54, 1.807) is 30.3 Å². The number of esters is 2. The highest BCUT2D eigenvalue weighted by Gasteiger charge is 2.57. The first kappa shape index (κ1) is 42.3. The number of carbonyl (C=O) groups is 2. The molecule has 0 radical (unpaired) electrons. The van der Waals surface area contributed by atoms with Gasteiger partial charge in [-0.3, -0.25) is 14.1 Å². The Morgan fingerprint density at radius 3 is 2.45 bits per heavy atom. The molecule has 4 aromatic rings. The number of unbranched alkanes of at least 4 members (excludes halogenated alkanes) is 2. The largest absolute Gasteiger partial charge is 0.464 e. The van der Waals surface area contributed by atoms with Gasteiger partial charge in [0.1, 0.15) is 61.2 Å². The molecule has 1 unspecified atom stereocenters. The van der Waals surface area contributed by atoms with Gasteiger partial charge in [-0.05, 0) is 48.6 Å². The maximum atomic E-state index is 14.7. The van der Waals surface area contributed by atoms with E-state index >= 15 is 0 Å². The number of hydrogen-bond acceptors (Lipinski definition) is 14. The summed E-state index contributed by atoms with van der Waals surface area (Å²) in [5.74, 6) is -0.644. The summed E-state index contributed by atoms with van der Waals surface area (Å²) in [6.07, 6.45) is -0.247. The van der Waals surface area contributed by atoms with Gasteiger partial charge in [0.05, 0.1) is 12.3 Å². The van der Waals surface area contributed by atoms with Gasteiger partial charge in [0, 0.05) is 6.42 Å². The Balaban J connectivity index is 1.30. The van der Waals surface area contributed by atoms with E-state index in [0.717, 1.165) is 18.4 Å². The molecule has 1 aliphatic rings. The monoisotopic (exact) mass is 792 g/mol. The fourth-order valence-electron chi connectivity index (χ4n) is 6.22. The lowest BCUT2D eigenvalue weighted by Gasteiger charge is -2.29. The van der Waals surface area contributed by atoms with Crippen LogP contribution in [0.5, 0.6) is 5.75 Å². The third-order valence-corrected chi connectivity index (χ3v) is 11.2. The van der Waals surface area contributed by atoms with Gasteiger partial charge in [0.2, 0.25) is 5.60 Å². The molecule has 1 aliphatic heterocycles. The number of hydrogen-bond donors (Lipinski definition) is 4. The van der Waals surface area contributed by atoms with Crippen molar-refractivity contribution < 1.29 is 47.6 Å². The fourth-order valence-corrected chi connectivity index (χ4v) is 7.78. The molecule has 5 rings (SSSR count). The van der Waals surface area contributed by atoms with Crippen molar-refractivity contribution in [1.29, 1.82) is 5.26 Å². The lowest BCUT2D eigenvalue weighted by Crippen LogP contribution is -2.46. The zero-order valence-corrected chi connectivity index (χ0v) is 32.3. The third-order valence-electron chi connectivity index (χ3n) is 9.69. The number of nitrogens with one attached hydrogen (secondary N) is 1. The van der Waals surface area contributed by atoms with Crippen molar-refractivity contribution in [3.05, 3.63) is 90.4 Å². The van der Waals surface area contributed by atoms with E-state index in [1.807, 2.05) is 50.2 Å². The van der Waals surface area contributed by atoms with Crippen LogP contribution in [0.4, 0.5) is 5.82 Å². The number of benzene rings is 2. The molecule has 300 valence electrons. The van der Waals surface area contributed by atoms with Crippen LogP contribution in [0, 0.1) is 17.2 Å². The second-order valence-corrected chi connectivity index (χ2v) is 15.3. The topological polar surface area (TPSA) is 230 Å². The van der Waals surface area contributed by atoms with E-state index in [1.165, 1.54) is 23.0 Å². The number of anilines is 1. The number of nitrogens with zero attached hydrogens (tertiary/aromatic N) is 4. The summed E-state index contributed by atoms with van der Waals surface area (Å²) >= 11 is 0. The quantitative estimate of drug-likeness (QED) is 0.0483. The van der Waals surface area contributed by atoms with Crippen LogP contribution < -0.4 is 15.3 Å². The Labute approximate surface area is 325 Å². The van der Waals surface area contributed by atoms with Gasteiger partial charge in [-0.25, -0.2) is 14.1 Å². The van der Waals surface area contributed by atoms with Crippen LogP contribution in [0.25, 0.3) is 5.52 Å². The SMILES string of the molecule is CCC(CC)COC(=O)[C@H](CCCCCC(=O)OCc1ccccc1)NP(=O)(OC[C@@]1(C#N)O[C@@H](c2ccc3c(N)ncnn23)[C@H](O)[C@@H]1O)Oc1ccccc1. The normalized spacial score (nSPS) is 21.0. The number of aromatic nitrogens is 3. The molecule has 16 nitrogen and oxygen atoms in total. The zero-order chi connectivity index (χ0) is 40.1. The highest BCUT2D eigenvalue weighted by atomic mass is 31.2. The van der Waals surface area contributed by atoms with Crippen LogP contribution in [-0.2, 0) is 39.5 Å². The van der Waals surface area contributed by atoms with E-state index in [2.05, 4.69) is 15.2 Å². The molecule has 56 heavy (non-hydrogen) atoms. The minimum Gasteiger partial charge on any atom is -0.464 e. The molecule has 0 amide bonds. The molecular weight excluding hydrogens is 743 g/mol. The zero-order valence-electron chi connectivity index (χ0n) is 31.4. The molecule has 1 saturated heterocycles. The molecule has 0 bridgehead atoms. The number of aliphatic hydroxyl groups is 2. The fraction of sp³-hybridized carbons (Fsp3) is 0.462. The van der Waals surface area contributed by atoms with Crippen molar-refractivity contribution in [1.82, 2.24) is 19.7 Å². The number of carbonyl (C=O) groups excluding carboxylic acids is 2. The average Bonchev–Trinajstić information content (AvgIpc) is 3.75. The Morgan fingerprint density at radius 2 is 1.75 bits per heavy atom. The lowest BCUT2D eigenvalue weighted by molar-refractivity contribution is -0.148. The molecule has 17 heteroatoms. The third kappa shape index (κ3) is 10.7. The second-order valence-electron chi connectivity index (χ2n) is 13.6. The predicted molar refractivity (Wildman–Crippen MR) is 203 cm³/mol. The number of fused-ring (bicyclic) bond motifs is 1. The molecular formula is C39H49N6O10P. The van der Waals surface area contributed by atoms with Crippen molar-refractivity contribution in [3.63, 3.8) is 0 Å². The van der Waals surface area contributed by atoms with Gasteiger partial charge >= 0.3 is 19.7 Å². The molecule has 5 N–H and O–H groups in total. The Morgan fingerprint density at radius 1 is 1.04 bits per heavy atom. The minimum absolute atomic E-state index is 0.113. The summed E-state index contributed by atoms with van der Waals surface area (Å²) in [4.78, 5) is 29.9. The van der Waals surface area contributed by atoms with Crippen LogP contribution in [0.3, 0.4) is 0 Å². The van der Waals surface area contributed by atoms with Crippen LogP contribution in [-0.4, -0.2) is 73.8 Å². The molecule has 1 fully saturated rings. The number of rotatable bonds is 21. The van der Waals surface area contributed by atoms with Crippen LogP contribution in [0.1, 0.15) is 76.2 Å². The van der Waals surface area contributed by atoms with E-state index in [0.29, 0.717) is 24.8 Å². The molecule has 3 heterocycles. The van der Waals surface area contributed by atoms with Gasteiger partial charge < -0.3 is 34.7 Å². The standard InChI is InChI=1S/C39H49N6O10P/c1-3-27(4-2)22-52-38(49)30(18-12-7-13-19-33(46)51-23-28-14-8-5-9-15-28)44-56(50,55-29-16-10-6-11-17-29)53-25-39(24-40)36(48)34(47)35(54-39)31-20-21-32-37(41)42-26-43-45(31)32/h5-6,8-11,14-17,20-21,26-27,30,34-36,47-48H,3-4,7,12-13,18-19,22-23,25H2,1-2H3,(H,44,50)(H2,41,42,43)/t30-,34-,35-,36-,39+,56?/m0/s1. The molecule has 2 aromatic heterocycles. The first-order chi connectivity index (χ1) is 27.0. The van der Waals surface area contributed by atoms with E-state index in [4.69, 9.17) is 29.0 Å². The van der Waals surface area contributed by atoms with Gasteiger partial charge in [-0.15, -0.1) is 0 Å². The van der Waals surface area contributed by atoms with Gasteiger partial charge in [-0.2, -0.15) is 15.4 Å². The number of aliphatic hydroxyl groups excluding tert-OH is 2. The van der Waals surface area contributed by atoms with E-state index in [9.17, 15) is 29.6 Å². The first-order valence-electron chi connectivity index (χ1n) is 18.7. The molecule has 2 aromatic carbocycles. The van der Waals surface area contributed by atoms with Crippen molar-refractivity contribution >= 4 is 31.0 Å². The Kier molecular flexibility index (Phi) is 15.0. The summed E-state index contributed by atoms with van der Waals surface area (Å²) in [5, 5.41) is 39.6. The number of nitrogens with two attached hydrogens (primary N) is 1. The smallest absolute Gasteiger partial charge is 0.459 e. The Bertz CT molecular complexity index is 1980. The number of ether oxygens (including phenoxy) is 3. The summed E-state index contributed by atoms with van der Waals surface area (Å²) in [6.45, 7) is 3.45. The highest BCUT2D eigenvalue weighted by Crippen LogP contribution is 2.49. The van der Waals surface area contributed by atoms with Crippen LogP contribution >= 0.6 is 7.75 Å². The molecule has 0 spiro atoms. The average molecular weight is 793 g/mol. The van der Waals surface area contributed by atoms with Gasteiger partial charge in [0.25, 0.3) is 0 Å². The van der Waals surface area contributed by atoms with Gasteiger partial charge in [0.15, 0.2) is 5.82 Å². The van der Waals surface area contributed by atoms with E-state index in [-0.39, 0.29) is 55.2 Å². The van der Waals surface area contributed by atoms with Crippen LogP contribution in [0.2, 0.25) is 0 Å². The van der Waals surface area contributed by atoms with Crippen molar-refractivity contribution in [3.8, 4) is 11.8 Å². The highest BCUT2D eigenvalue weighted by molar-refractivity contribution is 7.52. The van der Waals surface area contributed by atoms with Crippen molar-refractivity contribution in [2.24, 2.45) is 5.92 Å². The summed E-state index contributed by atoms with van der Waals surface area (Å²) in [6, 6.07) is 21.3. The summed E-state index contributed by atoms with van der Waals surface area (Å²) < 4.78 is 44.8. The molecule has 6 atom stereocenters. The van der Waals surface area contributed by atoms with Gasteiger partial charge in [-0.1, -0.05) is 88.1 Å². The van der Waals surface area contributed by atoms with Crippen molar-refractivity contribution in [2.75, 3.05) is 18.9 Å². The molecule has 0 aliphatic carbocycles. The maximum absolute atomic E-state index is 14.7. The number of para-hydroxylation sites is 1. The Hall–Kier alpha value is -4.88. The summed E-state index contributed by atoms with van der Waals surface area (Å²) in [5.41, 5.74) is 5.28. The second kappa shape index (κ2) is 19.8. The first-order valence-corrected chi connectivity index (χ1v) is 20.2. The minimum atomic E-state index is -4.59. The predicted octanol–water partition coefficient (Wildman–Crippen LogP) is 5.20. The lowest BCUT2D eigenvalue weighted by atomic mass is 9.96. The summed E-state index contributed by atoms with van der Waals surface area (Å²) in [7, 11) is -4.59. The van der Waals surface area contributed by atoms with Crippen LogP contribution in [0.15, 0.2) is 79.1 Å².